The summed E-state index contributed by atoms with van der Waals surface area (Å²) in [5, 5.41) is 0. The molecule has 0 spiro atoms. The topological polar surface area (TPSA) is 9.23 Å². The quantitative estimate of drug-likeness (QED) is 0.597. The molecule has 11 heavy (non-hydrogen) atoms. The molecular weight excluding hydrogens is 136 g/mol. The van der Waals surface area contributed by atoms with E-state index in [2.05, 4.69) is 20.8 Å². The second kappa shape index (κ2) is 3.14. The molecule has 1 saturated carbocycles. The third-order valence-electron chi connectivity index (χ3n) is 3.17. The second-order valence-corrected chi connectivity index (χ2v) is 4.40. The van der Waals surface area contributed by atoms with Crippen molar-refractivity contribution >= 4 is 0 Å². The molecule has 0 radical (unpaired) electrons. The summed E-state index contributed by atoms with van der Waals surface area (Å²) in [4.78, 5) is 0. The Balaban J connectivity index is 2.46. The zero-order valence-corrected chi connectivity index (χ0v) is 8.18. The van der Waals surface area contributed by atoms with Gasteiger partial charge < -0.3 is 4.74 Å². The largest absolute Gasteiger partial charge is 0.379 e. The van der Waals surface area contributed by atoms with Crippen molar-refractivity contribution in [2.45, 2.75) is 45.6 Å². The highest BCUT2D eigenvalue weighted by Gasteiger charge is 2.35. The number of hydrogen-bond donors (Lipinski definition) is 0. The van der Waals surface area contributed by atoms with Gasteiger partial charge in [-0.1, -0.05) is 13.8 Å². The highest BCUT2D eigenvalue weighted by molar-refractivity contribution is 4.87. The van der Waals surface area contributed by atoms with E-state index in [0.29, 0.717) is 0 Å². The minimum atomic E-state index is 0.189. The fourth-order valence-corrected chi connectivity index (χ4v) is 2.00. The maximum absolute atomic E-state index is 5.48. The molecule has 0 amide bonds. The van der Waals surface area contributed by atoms with Crippen LogP contribution >= 0.6 is 0 Å². The number of hydrogen-bond acceptors (Lipinski definition) is 1. The van der Waals surface area contributed by atoms with Crippen LogP contribution in [-0.2, 0) is 4.74 Å². The summed E-state index contributed by atoms with van der Waals surface area (Å²) < 4.78 is 5.48. The van der Waals surface area contributed by atoms with Crippen LogP contribution in [0.3, 0.4) is 0 Å². The maximum Gasteiger partial charge on any atom is 0.0653 e. The Hall–Kier alpha value is -0.0400. The predicted octanol–water partition coefficient (Wildman–Crippen LogP) is 2.85. The monoisotopic (exact) mass is 156 g/mol. The molecule has 2 unspecified atom stereocenters. The smallest absolute Gasteiger partial charge is 0.0653 e. The first-order valence-corrected chi connectivity index (χ1v) is 4.62. The van der Waals surface area contributed by atoms with E-state index in [1.165, 1.54) is 19.3 Å². The molecule has 2 atom stereocenters. The van der Waals surface area contributed by atoms with Gasteiger partial charge in [-0.15, -0.1) is 0 Å². The fourth-order valence-electron chi connectivity index (χ4n) is 2.00. The van der Waals surface area contributed by atoms with Crippen LogP contribution in [-0.4, -0.2) is 12.7 Å². The Kier molecular flexibility index (Phi) is 2.58. The van der Waals surface area contributed by atoms with Gasteiger partial charge >= 0.3 is 0 Å². The van der Waals surface area contributed by atoms with Gasteiger partial charge in [0.1, 0.15) is 0 Å². The van der Waals surface area contributed by atoms with Gasteiger partial charge in [-0.3, -0.25) is 0 Å². The van der Waals surface area contributed by atoms with Crippen molar-refractivity contribution in [2.24, 2.45) is 11.8 Å². The van der Waals surface area contributed by atoms with Crippen LogP contribution in [0.5, 0.6) is 0 Å². The molecule has 0 aromatic heterocycles. The Bertz CT molecular complexity index is 131. The lowest BCUT2D eigenvalue weighted by molar-refractivity contribution is 0.00745. The Morgan fingerprint density at radius 1 is 1.45 bits per heavy atom. The molecule has 1 aliphatic carbocycles. The molecule has 66 valence electrons. The summed E-state index contributed by atoms with van der Waals surface area (Å²) in [5.41, 5.74) is 0.189. The van der Waals surface area contributed by atoms with E-state index in [1.807, 2.05) is 7.11 Å². The van der Waals surface area contributed by atoms with Crippen LogP contribution in [0.1, 0.15) is 40.0 Å². The molecule has 0 N–H and O–H groups in total. The zero-order chi connectivity index (χ0) is 8.48. The summed E-state index contributed by atoms with van der Waals surface area (Å²) in [6, 6.07) is 0. The highest BCUT2D eigenvalue weighted by Crippen LogP contribution is 2.40. The SMILES string of the molecule is COC1(C)CCC(C(C)C)C1. The second-order valence-electron chi connectivity index (χ2n) is 4.40. The zero-order valence-electron chi connectivity index (χ0n) is 8.18. The minimum Gasteiger partial charge on any atom is -0.379 e. The molecule has 1 heteroatoms. The van der Waals surface area contributed by atoms with Gasteiger partial charge in [-0.25, -0.2) is 0 Å². The Morgan fingerprint density at radius 3 is 2.36 bits per heavy atom. The lowest BCUT2D eigenvalue weighted by atomic mass is 9.93. The minimum absolute atomic E-state index is 0.189. The van der Waals surface area contributed by atoms with Crippen LogP contribution in [0.2, 0.25) is 0 Å². The van der Waals surface area contributed by atoms with Gasteiger partial charge in [0.05, 0.1) is 5.60 Å². The molecular formula is C10H20O. The number of methoxy groups -OCH3 is 1. The molecule has 1 fully saturated rings. The number of ether oxygens (including phenoxy) is 1. The number of rotatable bonds is 2. The summed E-state index contributed by atoms with van der Waals surface area (Å²) in [7, 11) is 1.84. The van der Waals surface area contributed by atoms with Crippen molar-refractivity contribution in [1.82, 2.24) is 0 Å². The molecule has 0 aliphatic heterocycles. The predicted molar refractivity (Wildman–Crippen MR) is 47.6 cm³/mol. The van der Waals surface area contributed by atoms with Crippen LogP contribution in [0.4, 0.5) is 0 Å². The lowest BCUT2D eigenvalue weighted by Gasteiger charge is -2.23. The molecule has 1 nitrogen and oxygen atoms in total. The summed E-state index contributed by atoms with van der Waals surface area (Å²) in [5.74, 6) is 1.71. The third-order valence-corrected chi connectivity index (χ3v) is 3.17. The molecule has 1 aliphatic rings. The van der Waals surface area contributed by atoms with E-state index in [-0.39, 0.29) is 5.60 Å². The van der Waals surface area contributed by atoms with Gasteiger partial charge in [0, 0.05) is 7.11 Å². The molecule has 0 aromatic carbocycles. The van der Waals surface area contributed by atoms with Gasteiger partial charge in [-0.05, 0) is 38.0 Å². The van der Waals surface area contributed by atoms with E-state index < -0.39 is 0 Å². The summed E-state index contributed by atoms with van der Waals surface area (Å²) in [6.45, 7) is 6.85. The molecule has 0 heterocycles. The Morgan fingerprint density at radius 2 is 2.09 bits per heavy atom. The van der Waals surface area contributed by atoms with Crippen molar-refractivity contribution in [3.63, 3.8) is 0 Å². The summed E-state index contributed by atoms with van der Waals surface area (Å²) >= 11 is 0. The van der Waals surface area contributed by atoms with Crippen molar-refractivity contribution in [3.8, 4) is 0 Å². The van der Waals surface area contributed by atoms with Crippen LogP contribution in [0, 0.1) is 11.8 Å². The van der Waals surface area contributed by atoms with E-state index >= 15 is 0 Å². The van der Waals surface area contributed by atoms with Crippen LogP contribution in [0.15, 0.2) is 0 Å². The molecule has 0 aromatic rings. The fraction of sp³-hybridized carbons (Fsp3) is 1.00. The average Bonchev–Trinajstić information content (AvgIpc) is 2.33. The first-order valence-electron chi connectivity index (χ1n) is 4.62. The van der Waals surface area contributed by atoms with E-state index in [0.717, 1.165) is 11.8 Å². The van der Waals surface area contributed by atoms with Crippen molar-refractivity contribution in [3.05, 3.63) is 0 Å². The molecule has 1 rings (SSSR count). The van der Waals surface area contributed by atoms with Gasteiger partial charge in [0.15, 0.2) is 0 Å². The molecule has 0 saturated heterocycles. The maximum atomic E-state index is 5.48. The average molecular weight is 156 g/mol. The Labute approximate surface area is 70.1 Å². The van der Waals surface area contributed by atoms with Gasteiger partial charge in [0.25, 0.3) is 0 Å². The van der Waals surface area contributed by atoms with E-state index in [1.54, 1.807) is 0 Å². The van der Waals surface area contributed by atoms with Crippen molar-refractivity contribution in [2.75, 3.05) is 7.11 Å². The van der Waals surface area contributed by atoms with E-state index in [9.17, 15) is 0 Å². The van der Waals surface area contributed by atoms with Crippen molar-refractivity contribution in [1.29, 1.82) is 0 Å². The third kappa shape index (κ3) is 1.96. The van der Waals surface area contributed by atoms with E-state index in [4.69, 9.17) is 4.74 Å². The highest BCUT2D eigenvalue weighted by atomic mass is 16.5. The summed E-state index contributed by atoms with van der Waals surface area (Å²) in [6.07, 6.45) is 3.84. The first kappa shape index (κ1) is 9.05. The molecule has 0 bridgehead atoms. The van der Waals surface area contributed by atoms with Crippen LogP contribution in [0.25, 0.3) is 0 Å². The van der Waals surface area contributed by atoms with Crippen LogP contribution < -0.4 is 0 Å². The standard InChI is InChI=1S/C10H20O/c1-8(2)9-5-6-10(3,7-9)11-4/h8-9H,5-7H2,1-4H3. The van der Waals surface area contributed by atoms with Crippen molar-refractivity contribution < 1.29 is 4.74 Å². The lowest BCUT2D eigenvalue weighted by Crippen LogP contribution is -2.23. The normalized spacial score (nSPS) is 38.5. The van der Waals surface area contributed by atoms with Gasteiger partial charge in [0.2, 0.25) is 0 Å². The first-order chi connectivity index (χ1) is 5.07. The van der Waals surface area contributed by atoms with Gasteiger partial charge in [-0.2, -0.15) is 0 Å².